The van der Waals surface area contributed by atoms with Gasteiger partial charge in [-0.2, -0.15) is 0 Å². The molecule has 164 valence electrons. The van der Waals surface area contributed by atoms with E-state index >= 15 is 0 Å². The van der Waals surface area contributed by atoms with Gasteiger partial charge in [-0.05, 0) is 38.8 Å². The summed E-state index contributed by atoms with van der Waals surface area (Å²) in [7, 11) is 1.21. The molecule has 1 N–H and O–H groups in total. The molecule has 0 unspecified atom stereocenters. The predicted octanol–water partition coefficient (Wildman–Crippen LogP) is 3.49. The number of methoxy groups -OCH3 is 1. The highest BCUT2D eigenvalue weighted by molar-refractivity contribution is 9.10. The lowest BCUT2D eigenvalue weighted by Crippen LogP contribution is -2.54. The van der Waals surface area contributed by atoms with Gasteiger partial charge in [0.1, 0.15) is 0 Å². The van der Waals surface area contributed by atoms with E-state index in [1.54, 1.807) is 38.1 Å². The number of nitrogens with one attached hydrogen (secondary N) is 1. The van der Waals surface area contributed by atoms with Crippen molar-refractivity contribution in [2.24, 2.45) is 11.8 Å². The average Bonchev–Trinajstić information content (AvgIpc) is 2.75. The number of rotatable bonds is 6. The minimum atomic E-state index is -0.757. The van der Waals surface area contributed by atoms with Crippen molar-refractivity contribution in [3.8, 4) is 0 Å². The summed E-state index contributed by atoms with van der Waals surface area (Å²) in [5, 5.41) is 1.19. The summed E-state index contributed by atoms with van der Waals surface area (Å²) in [6, 6.07) is 6.44. The third kappa shape index (κ3) is 6.29. The van der Waals surface area contributed by atoms with Crippen LogP contribution < -0.4 is 5.43 Å². The number of carbonyl (C=O) groups excluding carboxylic acids is 4. The Labute approximate surface area is 184 Å². The Balaban J connectivity index is 2.05. The van der Waals surface area contributed by atoms with Gasteiger partial charge in [-0.15, -0.1) is 0 Å². The molecule has 8 nitrogen and oxygen atoms in total. The van der Waals surface area contributed by atoms with Gasteiger partial charge in [0.15, 0.2) is 12.4 Å². The standard InChI is InChI=1S/C21H27BrN2O6/c1-13(2)24(23-21(28)29-3)19(26)16-6-4-5-7-17(16)20(27)30-12-18(25)14-8-10-15(22)11-9-14/h8-11,13,16-17H,4-7,12H2,1-3H3,(H,23,28)/t16-,17+/m1/s1. The van der Waals surface area contributed by atoms with Crippen LogP contribution in [-0.4, -0.2) is 48.5 Å². The molecule has 1 aliphatic carbocycles. The van der Waals surface area contributed by atoms with Crippen LogP contribution in [0.15, 0.2) is 28.7 Å². The second-order valence-corrected chi connectivity index (χ2v) is 8.36. The highest BCUT2D eigenvalue weighted by Gasteiger charge is 2.40. The van der Waals surface area contributed by atoms with Crippen LogP contribution in [0.3, 0.4) is 0 Å². The summed E-state index contributed by atoms with van der Waals surface area (Å²) in [6.45, 7) is 3.12. The number of Topliss-reactive ketones (excluding diaryl/α,β-unsaturated/α-hetero) is 1. The first kappa shape index (κ1) is 23.9. The molecule has 0 radical (unpaired) electrons. The van der Waals surface area contributed by atoms with Gasteiger partial charge in [0.25, 0.3) is 0 Å². The summed E-state index contributed by atoms with van der Waals surface area (Å²) >= 11 is 3.30. The molecule has 1 fully saturated rings. The lowest BCUT2D eigenvalue weighted by atomic mass is 9.78. The van der Waals surface area contributed by atoms with Crippen LogP contribution in [0.5, 0.6) is 0 Å². The van der Waals surface area contributed by atoms with E-state index in [4.69, 9.17) is 4.74 Å². The number of ketones is 1. The summed E-state index contributed by atoms with van der Waals surface area (Å²) in [4.78, 5) is 49.7. The fourth-order valence-corrected chi connectivity index (χ4v) is 3.70. The minimum absolute atomic E-state index is 0.314. The SMILES string of the molecule is COC(=O)NN(C(=O)[C@@H]1CCCC[C@@H]1C(=O)OCC(=O)c1ccc(Br)cc1)C(C)C. The summed E-state index contributed by atoms with van der Waals surface area (Å²) in [6.07, 6.45) is 1.82. The number of benzene rings is 1. The van der Waals surface area contributed by atoms with Crippen molar-refractivity contribution in [2.45, 2.75) is 45.6 Å². The molecular formula is C21H27BrN2O6. The van der Waals surface area contributed by atoms with Gasteiger partial charge in [0.2, 0.25) is 5.91 Å². The van der Waals surface area contributed by atoms with Crippen molar-refractivity contribution in [3.05, 3.63) is 34.3 Å². The number of carbonyl (C=O) groups is 4. The maximum Gasteiger partial charge on any atom is 0.425 e. The van der Waals surface area contributed by atoms with Gasteiger partial charge in [-0.1, -0.05) is 40.9 Å². The van der Waals surface area contributed by atoms with Gasteiger partial charge in [0.05, 0.1) is 18.9 Å². The van der Waals surface area contributed by atoms with Crippen molar-refractivity contribution >= 4 is 39.7 Å². The first-order valence-corrected chi connectivity index (χ1v) is 10.7. The van der Waals surface area contributed by atoms with Crippen LogP contribution in [0, 0.1) is 11.8 Å². The number of esters is 1. The zero-order valence-electron chi connectivity index (χ0n) is 17.4. The number of hydrogen-bond acceptors (Lipinski definition) is 6. The second-order valence-electron chi connectivity index (χ2n) is 7.44. The Kier molecular flexibility index (Phi) is 8.83. The largest absolute Gasteiger partial charge is 0.457 e. The lowest BCUT2D eigenvalue weighted by molar-refractivity contribution is -0.158. The zero-order valence-corrected chi connectivity index (χ0v) is 18.9. The third-order valence-electron chi connectivity index (χ3n) is 5.05. The lowest BCUT2D eigenvalue weighted by Gasteiger charge is -2.35. The molecular weight excluding hydrogens is 456 g/mol. The van der Waals surface area contributed by atoms with Crippen LogP contribution >= 0.6 is 15.9 Å². The maximum absolute atomic E-state index is 13.1. The molecule has 0 heterocycles. The average molecular weight is 483 g/mol. The van der Waals surface area contributed by atoms with E-state index in [2.05, 4.69) is 26.1 Å². The number of amides is 2. The number of ether oxygens (including phenoxy) is 2. The molecule has 1 aromatic carbocycles. The molecule has 2 amide bonds. The molecule has 0 aliphatic heterocycles. The number of nitrogens with zero attached hydrogens (tertiary/aromatic N) is 1. The van der Waals surface area contributed by atoms with E-state index in [9.17, 15) is 19.2 Å². The van der Waals surface area contributed by atoms with Gasteiger partial charge >= 0.3 is 12.1 Å². The summed E-state index contributed by atoms with van der Waals surface area (Å²) in [5.74, 6) is -2.54. The first-order chi connectivity index (χ1) is 14.2. The highest BCUT2D eigenvalue weighted by atomic mass is 79.9. The predicted molar refractivity (Wildman–Crippen MR) is 112 cm³/mol. The van der Waals surface area contributed by atoms with Crippen LogP contribution in [0.25, 0.3) is 0 Å². The molecule has 0 saturated heterocycles. The fourth-order valence-electron chi connectivity index (χ4n) is 3.43. The number of hydrogen-bond donors (Lipinski definition) is 1. The summed E-state index contributed by atoms with van der Waals surface area (Å²) in [5.41, 5.74) is 2.85. The van der Waals surface area contributed by atoms with Crippen molar-refractivity contribution in [2.75, 3.05) is 13.7 Å². The van der Waals surface area contributed by atoms with Crippen LogP contribution in [0.4, 0.5) is 4.79 Å². The Bertz CT molecular complexity index is 780. The number of halogens is 1. The smallest absolute Gasteiger partial charge is 0.425 e. The summed E-state index contributed by atoms with van der Waals surface area (Å²) < 4.78 is 10.7. The minimum Gasteiger partial charge on any atom is -0.457 e. The van der Waals surface area contributed by atoms with Crippen LogP contribution in [0.2, 0.25) is 0 Å². The molecule has 2 atom stereocenters. The van der Waals surface area contributed by atoms with Gasteiger partial charge < -0.3 is 9.47 Å². The Hall–Kier alpha value is -2.42. The van der Waals surface area contributed by atoms with E-state index in [0.717, 1.165) is 17.3 Å². The van der Waals surface area contributed by atoms with Crippen molar-refractivity contribution in [1.82, 2.24) is 10.4 Å². The molecule has 9 heteroatoms. The highest BCUT2D eigenvalue weighted by Crippen LogP contribution is 2.32. The normalized spacial score (nSPS) is 18.4. The molecule has 0 spiro atoms. The molecule has 1 aromatic rings. The maximum atomic E-state index is 13.1. The third-order valence-corrected chi connectivity index (χ3v) is 5.58. The fraction of sp³-hybridized carbons (Fsp3) is 0.524. The van der Waals surface area contributed by atoms with Crippen molar-refractivity contribution < 1.29 is 28.7 Å². The van der Waals surface area contributed by atoms with E-state index in [1.807, 2.05) is 0 Å². The van der Waals surface area contributed by atoms with E-state index in [0.29, 0.717) is 18.4 Å². The monoisotopic (exact) mass is 482 g/mol. The Morgan fingerprint density at radius 2 is 1.70 bits per heavy atom. The van der Waals surface area contributed by atoms with Gasteiger partial charge in [0, 0.05) is 16.1 Å². The van der Waals surface area contributed by atoms with Crippen LogP contribution in [-0.2, 0) is 19.1 Å². The molecule has 1 saturated carbocycles. The molecule has 0 bridgehead atoms. The molecule has 1 aliphatic rings. The second kappa shape index (κ2) is 11.1. The van der Waals surface area contributed by atoms with E-state index in [1.165, 1.54) is 12.1 Å². The van der Waals surface area contributed by atoms with Crippen LogP contribution in [0.1, 0.15) is 49.9 Å². The van der Waals surface area contributed by atoms with E-state index in [-0.39, 0.29) is 24.3 Å². The van der Waals surface area contributed by atoms with Crippen molar-refractivity contribution in [3.63, 3.8) is 0 Å². The van der Waals surface area contributed by atoms with E-state index < -0.39 is 23.9 Å². The molecule has 30 heavy (non-hydrogen) atoms. The Morgan fingerprint density at radius 1 is 1.10 bits per heavy atom. The molecule has 0 aromatic heterocycles. The quantitative estimate of drug-likeness (QED) is 0.378. The first-order valence-electron chi connectivity index (χ1n) is 9.87. The zero-order chi connectivity index (χ0) is 22.3. The van der Waals surface area contributed by atoms with Gasteiger partial charge in [-0.25, -0.2) is 15.2 Å². The van der Waals surface area contributed by atoms with Crippen molar-refractivity contribution in [1.29, 1.82) is 0 Å². The number of hydrazine groups is 1. The van der Waals surface area contributed by atoms with Gasteiger partial charge in [-0.3, -0.25) is 14.4 Å². The topological polar surface area (TPSA) is 102 Å². The molecule has 2 rings (SSSR count). The Morgan fingerprint density at radius 3 is 2.27 bits per heavy atom.